The molecule has 216 valence electrons. The van der Waals surface area contributed by atoms with Crippen molar-refractivity contribution in [2.75, 3.05) is 39.0 Å². The Hall–Kier alpha value is -3.51. The zero-order valence-electron chi connectivity index (χ0n) is 22.2. The van der Waals surface area contributed by atoms with Crippen molar-refractivity contribution in [3.8, 4) is 16.9 Å². The van der Waals surface area contributed by atoms with E-state index >= 15 is 0 Å². The van der Waals surface area contributed by atoms with Gasteiger partial charge in [-0.1, -0.05) is 23.4 Å². The molecule has 7 nitrogen and oxygen atoms in total. The fourth-order valence-corrected chi connectivity index (χ4v) is 5.32. The fourth-order valence-electron chi connectivity index (χ4n) is 4.18. The number of rotatable bonds is 10. The van der Waals surface area contributed by atoms with Crippen molar-refractivity contribution in [1.82, 2.24) is 15.2 Å². The van der Waals surface area contributed by atoms with Gasteiger partial charge in [0, 0.05) is 37.6 Å². The summed E-state index contributed by atoms with van der Waals surface area (Å²) in [5.74, 6) is -0.450. The molecule has 4 aromatic rings. The van der Waals surface area contributed by atoms with Gasteiger partial charge in [-0.3, -0.25) is 9.59 Å². The predicted octanol–water partition coefficient (Wildman–Crippen LogP) is 6.20. The predicted molar refractivity (Wildman–Crippen MR) is 157 cm³/mol. The third kappa shape index (κ3) is 7.82. The van der Waals surface area contributed by atoms with Crippen LogP contribution in [0.2, 0.25) is 5.02 Å². The Morgan fingerprint density at radius 1 is 1.07 bits per heavy atom. The van der Waals surface area contributed by atoms with Gasteiger partial charge in [0.15, 0.2) is 0 Å². The number of alkyl halides is 3. The fraction of sp³-hybridized carbons (Fsp3) is 0.241. The number of anilines is 1. The highest BCUT2D eigenvalue weighted by molar-refractivity contribution is 7.99. The monoisotopic (exact) mass is 604 g/mol. The van der Waals surface area contributed by atoms with Gasteiger partial charge in [-0.25, -0.2) is 0 Å². The lowest BCUT2D eigenvalue weighted by Crippen LogP contribution is -2.30. The lowest BCUT2D eigenvalue weighted by molar-refractivity contribution is -0.137. The molecule has 1 amide bonds. The number of carbonyl (C=O) groups excluding carboxylic acids is 1. The maximum Gasteiger partial charge on any atom is 0.416 e. The number of halogens is 4. The highest BCUT2D eigenvalue weighted by Gasteiger charge is 2.31. The van der Waals surface area contributed by atoms with Crippen molar-refractivity contribution < 1.29 is 23.1 Å². The molecule has 0 saturated carbocycles. The van der Waals surface area contributed by atoms with Gasteiger partial charge in [0.2, 0.25) is 5.91 Å². The number of nitrogens with zero attached hydrogens (tertiary/aromatic N) is 1. The van der Waals surface area contributed by atoms with E-state index in [4.69, 9.17) is 11.6 Å². The van der Waals surface area contributed by atoms with Crippen molar-refractivity contribution >= 4 is 45.9 Å². The van der Waals surface area contributed by atoms with Crippen LogP contribution in [0, 0.1) is 0 Å². The molecule has 12 heteroatoms. The van der Waals surface area contributed by atoms with E-state index < -0.39 is 17.3 Å². The lowest BCUT2D eigenvalue weighted by Gasteiger charge is -2.16. The smallest absolute Gasteiger partial charge is 0.416 e. The van der Waals surface area contributed by atoms with E-state index in [-0.39, 0.29) is 50.1 Å². The topological polar surface area (TPSA) is 97.5 Å². The van der Waals surface area contributed by atoms with E-state index in [1.165, 1.54) is 24.3 Å². The molecule has 0 fully saturated rings. The summed E-state index contributed by atoms with van der Waals surface area (Å²) >= 11 is 7.19. The molecule has 0 atom stereocenters. The summed E-state index contributed by atoms with van der Waals surface area (Å²) < 4.78 is 40.8. The van der Waals surface area contributed by atoms with Crippen LogP contribution in [-0.2, 0) is 11.0 Å². The summed E-state index contributed by atoms with van der Waals surface area (Å²) in [4.78, 5) is 30.9. The first-order valence-corrected chi connectivity index (χ1v) is 13.8. The first-order chi connectivity index (χ1) is 19.4. The maximum absolute atomic E-state index is 13.6. The Kier molecular flexibility index (Phi) is 9.64. The van der Waals surface area contributed by atoms with Crippen molar-refractivity contribution in [1.29, 1.82) is 0 Å². The molecule has 0 aliphatic carbocycles. The summed E-state index contributed by atoms with van der Waals surface area (Å²) in [7, 11) is 3.97. The van der Waals surface area contributed by atoms with Crippen molar-refractivity contribution in [2.24, 2.45) is 0 Å². The average Bonchev–Trinajstić information content (AvgIpc) is 2.90. The molecule has 0 bridgehead atoms. The summed E-state index contributed by atoms with van der Waals surface area (Å²) in [5.41, 5.74) is -0.480. The second-order valence-electron chi connectivity index (χ2n) is 9.59. The average molecular weight is 605 g/mol. The molecule has 0 aliphatic heterocycles. The number of pyridine rings is 1. The van der Waals surface area contributed by atoms with Crippen LogP contribution in [0.5, 0.6) is 5.75 Å². The quantitative estimate of drug-likeness (QED) is 0.161. The van der Waals surface area contributed by atoms with Gasteiger partial charge < -0.3 is 25.6 Å². The van der Waals surface area contributed by atoms with Gasteiger partial charge >= 0.3 is 6.18 Å². The Balaban J connectivity index is 1.64. The molecule has 41 heavy (non-hydrogen) atoms. The van der Waals surface area contributed by atoms with E-state index in [1.54, 1.807) is 24.3 Å². The Bertz CT molecular complexity index is 1610. The van der Waals surface area contributed by atoms with Gasteiger partial charge in [0.05, 0.1) is 17.0 Å². The summed E-state index contributed by atoms with van der Waals surface area (Å²) in [6.07, 6.45) is -3.71. The second-order valence-corrected chi connectivity index (χ2v) is 11.1. The van der Waals surface area contributed by atoms with Gasteiger partial charge in [-0.15, -0.1) is 0 Å². The number of aromatic nitrogens is 1. The molecule has 0 saturated heterocycles. The van der Waals surface area contributed by atoms with Crippen molar-refractivity contribution in [3.05, 3.63) is 81.6 Å². The number of H-pyrrole nitrogens is 1. The van der Waals surface area contributed by atoms with E-state index in [2.05, 4.69) is 20.5 Å². The van der Waals surface area contributed by atoms with Crippen LogP contribution in [0.1, 0.15) is 12.0 Å². The van der Waals surface area contributed by atoms with Crippen LogP contribution in [-0.4, -0.2) is 54.6 Å². The number of nitrogens with one attached hydrogen (secondary N) is 3. The zero-order chi connectivity index (χ0) is 29.7. The molecule has 1 aromatic heterocycles. The molecular weight excluding hydrogens is 577 g/mol. The maximum atomic E-state index is 13.6. The Labute approximate surface area is 243 Å². The van der Waals surface area contributed by atoms with Crippen LogP contribution in [0.25, 0.3) is 22.0 Å². The first-order valence-electron chi connectivity index (χ1n) is 12.6. The molecule has 4 N–H and O–H groups in total. The lowest BCUT2D eigenvalue weighted by atomic mass is 9.98. The number of aromatic amines is 1. The number of hydrogen-bond donors (Lipinski definition) is 4. The zero-order valence-corrected chi connectivity index (χ0v) is 23.8. The third-order valence-electron chi connectivity index (χ3n) is 6.13. The molecule has 1 heterocycles. The SMILES string of the molecule is CN(C)CCCNCC(=O)Nc1ccc(Sc2c(-c3cc(Cl)ccc3O)c3cc(C(F)(F)F)ccc3[nH]c2=O)cc1. The van der Waals surface area contributed by atoms with E-state index in [1.807, 2.05) is 14.1 Å². The van der Waals surface area contributed by atoms with Crippen LogP contribution in [0.15, 0.2) is 75.2 Å². The summed E-state index contributed by atoms with van der Waals surface area (Å²) in [6, 6.07) is 13.9. The molecule has 4 rings (SSSR count). The Morgan fingerprint density at radius 3 is 2.49 bits per heavy atom. The summed E-state index contributed by atoms with van der Waals surface area (Å²) in [6.45, 7) is 1.77. The molecular formula is C29H28ClF3N4O3S. The highest BCUT2D eigenvalue weighted by atomic mass is 35.5. The van der Waals surface area contributed by atoms with Crippen LogP contribution in [0.3, 0.4) is 0 Å². The molecule has 0 spiro atoms. The van der Waals surface area contributed by atoms with Gasteiger partial charge in [0.25, 0.3) is 5.56 Å². The van der Waals surface area contributed by atoms with Gasteiger partial charge in [-0.05, 0) is 94.3 Å². The standard InChI is InChI=1S/C29H28ClF3N4O3S/c1-37(2)13-3-12-34-16-25(39)35-19-6-8-20(9-7-19)41-27-26(22-15-18(30)5-11-24(22)38)21-14-17(29(31,32)33)4-10-23(21)36-28(27)40/h4-11,14-15,34,38H,3,12-13,16H2,1-2H3,(H,35,39)(H,36,40). The number of aromatic hydroxyl groups is 1. The molecule has 0 aliphatic rings. The summed E-state index contributed by atoms with van der Waals surface area (Å²) in [5, 5.41) is 16.9. The second kappa shape index (κ2) is 13.0. The molecule has 0 radical (unpaired) electrons. The minimum atomic E-state index is -4.62. The van der Waals surface area contributed by atoms with Crippen LogP contribution >= 0.6 is 23.4 Å². The van der Waals surface area contributed by atoms with E-state index in [0.717, 1.165) is 36.9 Å². The highest BCUT2D eigenvalue weighted by Crippen LogP contribution is 2.43. The van der Waals surface area contributed by atoms with Crippen LogP contribution < -0.4 is 16.2 Å². The Morgan fingerprint density at radius 2 is 1.80 bits per heavy atom. The number of amides is 1. The van der Waals surface area contributed by atoms with Crippen molar-refractivity contribution in [2.45, 2.75) is 22.4 Å². The largest absolute Gasteiger partial charge is 0.507 e. The minimum Gasteiger partial charge on any atom is -0.507 e. The number of benzene rings is 3. The first kappa shape index (κ1) is 30.4. The van der Waals surface area contributed by atoms with Gasteiger partial charge in [-0.2, -0.15) is 13.2 Å². The normalized spacial score (nSPS) is 11.8. The van der Waals surface area contributed by atoms with E-state index in [9.17, 15) is 27.9 Å². The van der Waals surface area contributed by atoms with E-state index in [0.29, 0.717) is 17.1 Å². The third-order valence-corrected chi connectivity index (χ3v) is 7.46. The molecule has 0 unspecified atom stereocenters. The number of carbonyl (C=O) groups is 1. The van der Waals surface area contributed by atoms with Gasteiger partial charge in [0.1, 0.15) is 5.75 Å². The minimum absolute atomic E-state index is 0.0769. The van der Waals surface area contributed by atoms with Crippen LogP contribution in [0.4, 0.5) is 18.9 Å². The number of phenolic OH excluding ortho intramolecular Hbond substituents is 1. The molecule has 3 aromatic carbocycles. The number of phenols is 1. The van der Waals surface area contributed by atoms with Crippen molar-refractivity contribution in [3.63, 3.8) is 0 Å². The number of hydrogen-bond acceptors (Lipinski definition) is 6. The number of fused-ring (bicyclic) bond motifs is 1.